The minimum Gasteiger partial charge on any atom is -0.378 e. The molecular formula is C16H20F3N3O2. The zero-order valence-electron chi connectivity index (χ0n) is 13.2. The minimum absolute atomic E-state index is 0.0870. The van der Waals surface area contributed by atoms with Crippen LogP contribution in [0, 0.1) is 5.92 Å². The summed E-state index contributed by atoms with van der Waals surface area (Å²) in [5.74, 6) is 0.374. The largest absolute Gasteiger partial charge is 0.433 e. The molecule has 0 aliphatic carbocycles. The lowest BCUT2D eigenvalue weighted by Crippen LogP contribution is -2.43. The normalized spacial score (nSPS) is 22.6. The molecule has 0 bridgehead atoms. The second-order valence-corrected chi connectivity index (χ2v) is 6.21. The van der Waals surface area contributed by atoms with Crippen LogP contribution in [0.3, 0.4) is 0 Å². The van der Waals surface area contributed by atoms with E-state index >= 15 is 0 Å². The number of halogens is 3. The molecule has 5 nitrogen and oxygen atoms in total. The molecule has 0 saturated carbocycles. The summed E-state index contributed by atoms with van der Waals surface area (Å²) in [4.78, 5) is 17.3. The molecule has 1 unspecified atom stereocenters. The van der Waals surface area contributed by atoms with E-state index in [1.165, 1.54) is 12.1 Å². The molecular weight excluding hydrogens is 323 g/mol. The Balaban J connectivity index is 1.54. The molecule has 1 atom stereocenters. The summed E-state index contributed by atoms with van der Waals surface area (Å²) in [6, 6.07) is 3.05. The number of pyridine rings is 1. The Hall–Kier alpha value is -1.83. The van der Waals surface area contributed by atoms with Gasteiger partial charge in [0.2, 0.25) is 0 Å². The summed E-state index contributed by atoms with van der Waals surface area (Å²) in [5, 5.41) is 2.45. The van der Waals surface area contributed by atoms with Crippen LogP contribution >= 0.6 is 0 Å². The molecule has 2 saturated heterocycles. The van der Waals surface area contributed by atoms with Crippen LogP contribution in [-0.4, -0.2) is 41.7 Å². The average molecular weight is 343 g/mol. The number of hydrogen-bond acceptors (Lipinski definition) is 3. The van der Waals surface area contributed by atoms with Gasteiger partial charge >= 0.3 is 12.2 Å². The lowest BCUT2D eigenvalue weighted by molar-refractivity contribution is -0.141. The summed E-state index contributed by atoms with van der Waals surface area (Å²) in [6.45, 7) is 1.97. The van der Waals surface area contributed by atoms with Crippen molar-refractivity contribution in [3.8, 4) is 0 Å². The van der Waals surface area contributed by atoms with Crippen molar-refractivity contribution in [2.24, 2.45) is 5.92 Å². The van der Waals surface area contributed by atoms with Gasteiger partial charge in [-0.15, -0.1) is 0 Å². The number of rotatable bonds is 2. The van der Waals surface area contributed by atoms with Crippen LogP contribution < -0.4 is 5.32 Å². The Morgan fingerprint density at radius 3 is 2.62 bits per heavy atom. The number of nitrogens with zero attached hydrogens (tertiary/aromatic N) is 2. The molecule has 2 aliphatic heterocycles. The van der Waals surface area contributed by atoms with Gasteiger partial charge in [-0.2, -0.15) is 13.2 Å². The van der Waals surface area contributed by atoms with Gasteiger partial charge in [-0.05, 0) is 43.7 Å². The maximum absolute atomic E-state index is 12.7. The summed E-state index contributed by atoms with van der Waals surface area (Å²) in [6.07, 6.45) is -0.361. The highest BCUT2D eigenvalue weighted by molar-refractivity contribution is 5.88. The van der Waals surface area contributed by atoms with E-state index in [-0.39, 0.29) is 5.82 Å². The van der Waals surface area contributed by atoms with Crippen LogP contribution in [0.1, 0.15) is 31.4 Å². The molecule has 2 aliphatic rings. The predicted octanol–water partition coefficient (Wildman–Crippen LogP) is 3.52. The van der Waals surface area contributed by atoms with Crippen LogP contribution in [0.4, 0.5) is 23.8 Å². The highest BCUT2D eigenvalue weighted by atomic mass is 19.4. The highest BCUT2D eigenvalue weighted by Gasteiger charge is 2.33. The number of carbonyl (C=O) groups is 1. The fourth-order valence-electron chi connectivity index (χ4n) is 3.30. The molecule has 1 aromatic rings. The summed E-state index contributed by atoms with van der Waals surface area (Å²) in [7, 11) is 0. The van der Waals surface area contributed by atoms with Gasteiger partial charge in [0, 0.05) is 19.7 Å². The molecule has 8 heteroatoms. The Morgan fingerprint density at radius 2 is 2.00 bits per heavy atom. The molecule has 3 rings (SSSR count). The van der Waals surface area contributed by atoms with Crippen LogP contribution in [0.15, 0.2) is 18.2 Å². The lowest BCUT2D eigenvalue weighted by atomic mass is 9.90. The third kappa shape index (κ3) is 3.98. The number of carbonyl (C=O) groups excluding carboxylic acids is 1. The Morgan fingerprint density at radius 1 is 1.25 bits per heavy atom. The van der Waals surface area contributed by atoms with E-state index in [9.17, 15) is 18.0 Å². The van der Waals surface area contributed by atoms with E-state index in [4.69, 9.17) is 4.74 Å². The maximum atomic E-state index is 12.7. The molecule has 3 heterocycles. The Bertz CT molecular complexity index is 580. The second kappa shape index (κ2) is 6.96. The smallest absolute Gasteiger partial charge is 0.378 e. The van der Waals surface area contributed by atoms with Crippen molar-refractivity contribution in [1.82, 2.24) is 9.88 Å². The third-order valence-corrected chi connectivity index (χ3v) is 4.59. The van der Waals surface area contributed by atoms with Gasteiger partial charge in [0.25, 0.3) is 0 Å². The van der Waals surface area contributed by atoms with Gasteiger partial charge in [0.1, 0.15) is 11.5 Å². The van der Waals surface area contributed by atoms with Crippen molar-refractivity contribution in [3.63, 3.8) is 0 Å². The number of aromatic nitrogens is 1. The zero-order chi connectivity index (χ0) is 17.2. The molecule has 132 valence electrons. The van der Waals surface area contributed by atoms with E-state index in [0.29, 0.717) is 25.1 Å². The van der Waals surface area contributed by atoms with Gasteiger partial charge in [0.05, 0.1) is 6.10 Å². The molecule has 2 amide bonds. The van der Waals surface area contributed by atoms with Crippen LogP contribution in [0.25, 0.3) is 0 Å². The highest BCUT2D eigenvalue weighted by Crippen LogP contribution is 2.30. The van der Waals surface area contributed by atoms with Crippen molar-refractivity contribution >= 4 is 11.8 Å². The van der Waals surface area contributed by atoms with Gasteiger partial charge in [-0.25, -0.2) is 9.78 Å². The van der Waals surface area contributed by atoms with Crippen molar-refractivity contribution in [3.05, 3.63) is 23.9 Å². The first kappa shape index (κ1) is 17.0. The van der Waals surface area contributed by atoms with Gasteiger partial charge < -0.3 is 9.64 Å². The first-order valence-corrected chi connectivity index (χ1v) is 8.15. The monoisotopic (exact) mass is 343 g/mol. The standard InChI is InChI=1S/C16H20F3N3O2/c17-16(18,19)13-4-1-5-14(20-13)21-15(23)22-8-6-11(7-9-22)12-3-2-10-24-12/h1,4-5,11-12H,2-3,6-10H2,(H,20,21,23). The lowest BCUT2D eigenvalue weighted by Gasteiger charge is -2.34. The average Bonchev–Trinajstić information content (AvgIpc) is 3.09. The zero-order valence-corrected chi connectivity index (χ0v) is 13.2. The molecule has 2 fully saturated rings. The summed E-state index contributed by atoms with van der Waals surface area (Å²) >= 11 is 0. The number of ether oxygens (including phenoxy) is 1. The van der Waals surface area contributed by atoms with Crippen LogP contribution in [0.2, 0.25) is 0 Å². The van der Waals surface area contributed by atoms with E-state index in [2.05, 4.69) is 10.3 Å². The van der Waals surface area contributed by atoms with E-state index < -0.39 is 17.9 Å². The van der Waals surface area contributed by atoms with Crippen LogP contribution in [0.5, 0.6) is 0 Å². The quantitative estimate of drug-likeness (QED) is 0.894. The van der Waals surface area contributed by atoms with Gasteiger partial charge in [-0.3, -0.25) is 5.32 Å². The predicted molar refractivity (Wildman–Crippen MR) is 81.5 cm³/mol. The van der Waals surface area contributed by atoms with Gasteiger partial charge in [-0.1, -0.05) is 6.07 Å². The second-order valence-electron chi connectivity index (χ2n) is 6.21. The van der Waals surface area contributed by atoms with Crippen molar-refractivity contribution in [2.75, 3.05) is 25.0 Å². The van der Waals surface area contributed by atoms with Crippen molar-refractivity contribution in [1.29, 1.82) is 0 Å². The molecule has 0 radical (unpaired) electrons. The number of anilines is 1. The number of urea groups is 1. The first-order chi connectivity index (χ1) is 11.4. The number of hydrogen-bond donors (Lipinski definition) is 1. The van der Waals surface area contributed by atoms with Crippen molar-refractivity contribution in [2.45, 2.75) is 38.0 Å². The minimum atomic E-state index is -4.53. The maximum Gasteiger partial charge on any atom is 0.433 e. The third-order valence-electron chi connectivity index (χ3n) is 4.59. The molecule has 0 spiro atoms. The SMILES string of the molecule is O=C(Nc1cccc(C(F)(F)F)n1)N1CCC(C2CCCO2)CC1. The van der Waals surface area contributed by atoms with Crippen LogP contribution in [-0.2, 0) is 10.9 Å². The van der Waals surface area contributed by atoms with E-state index in [1.54, 1.807) is 4.90 Å². The summed E-state index contributed by atoms with van der Waals surface area (Å²) < 4.78 is 43.7. The topological polar surface area (TPSA) is 54.5 Å². The fraction of sp³-hybridized carbons (Fsp3) is 0.625. The number of alkyl halides is 3. The molecule has 24 heavy (non-hydrogen) atoms. The van der Waals surface area contributed by atoms with Gasteiger partial charge in [0.15, 0.2) is 0 Å². The Kier molecular flexibility index (Phi) is 4.93. The molecule has 1 N–H and O–H groups in total. The number of amides is 2. The van der Waals surface area contributed by atoms with E-state index in [1.807, 2.05) is 0 Å². The van der Waals surface area contributed by atoms with E-state index in [0.717, 1.165) is 38.4 Å². The molecule has 1 aromatic heterocycles. The number of nitrogens with one attached hydrogen (secondary N) is 1. The summed E-state index contributed by atoms with van der Waals surface area (Å²) in [5.41, 5.74) is -1.02. The number of likely N-dealkylation sites (tertiary alicyclic amines) is 1. The van der Waals surface area contributed by atoms with Crippen molar-refractivity contribution < 1.29 is 22.7 Å². The first-order valence-electron chi connectivity index (χ1n) is 8.15. The Labute approximate surface area is 138 Å². The fourth-order valence-corrected chi connectivity index (χ4v) is 3.30. The number of piperidine rings is 1. The molecule has 0 aromatic carbocycles.